The van der Waals surface area contributed by atoms with Gasteiger partial charge >= 0.3 is 6.03 Å². The van der Waals surface area contributed by atoms with Crippen molar-refractivity contribution >= 4 is 27.5 Å². The molecule has 26 heavy (non-hydrogen) atoms. The summed E-state index contributed by atoms with van der Waals surface area (Å²) in [6, 6.07) is 22.0. The molecule has 0 aliphatic heterocycles. The van der Waals surface area contributed by atoms with E-state index in [0.717, 1.165) is 11.1 Å². The van der Waals surface area contributed by atoms with Gasteiger partial charge in [-0.3, -0.25) is 4.55 Å². The Hall–Kier alpha value is -3.16. The summed E-state index contributed by atoms with van der Waals surface area (Å²) in [5.74, 6) is 0. The fourth-order valence-electron chi connectivity index (χ4n) is 2.40. The minimum absolute atomic E-state index is 0.249. The van der Waals surface area contributed by atoms with Crippen LogP contribution in [0.2, 0.25) is 0 Å². The molecule has 0 radical (unpaired) electrons. The zero-order valence-electron chi connectivity index (χ0n) is 13.6. The number of amides is 2. The van der Waals surface area contributed by atoms with Gasteiger partial charge in [0.25, 0.3) is 10.1 Å². The molecule has 0 atom stereocenters. The average molecular weight is 368 g/mol. The lowest BCUT2D eigenvalue weighted by atomic mass is 10.1. The van der Waals surface area contributed by atoms with Gasteiger partial charge in [-0.05, 0) is 41.5 Å². The van der Waals surface area contributed by atoms with E-state index in [1.54, 1.807) is 12.1 Å². The Morgan fingerprint density at radius 1 is 0.731 bits per heavy atom. The Balaban J connectivity index is 1.67. The van der Waals surface area contributed by atoms with Crippen LogP contribution in [0, 0.1) is 0 Å². The molecular weight excluding hydrogens is 352 g/mol. The van der Waals surface area contributed by atoms with Gasteiger partial charge in [-0.1, -0.05) is 48.5 Å². The second-order valence-electron chi connectivity index (χ2n) is 5.53. The van der Waals surface area contributed by atoms with E-state index in [-0.39, 0.29) is 10.6 Å². The molecule has 3 N–H and O–H groups in total. The van der Waals surface area contributed by atoms with E-state index in [4.69, 9.17) is 4.55 Å². The summed E-state index contributed by atoms with van der Waals surface area (Å²) >= 11 is 0. The standard InChI is InChI=1S/C19H16N2O4S/c22-19(21-17-7-4-8-18(13-17)26(23,24)25)20-16-11-9-15(10-12-16)14-5-2-1-3-6-14/h1-13H,(H2,20,21,22)(H,23,24,25). The molecule has 0 aromatic heterocycles. The normalized spacial score (nSPS) is 11.0. The van der Waals surface area contributed by atoms with Crippen molar-refractivity contribution < 1.29 is 17.8 Å². The summed E-state index contributed by atoms with van der Waals surface area (Å²) in [5.41, 5.74) is 2.94. The molecule has 0 fully saturated rings. The minimum Gasteiger partial charge on any atom is -0.308 e. The first kappa shape index (κ1) is 17.7. The summed E-state index contributed by atoms with van der Waals surface area (Å²) < 4.78 is 31.3. The predicted molar refractivity (Wildman–Crippen MR) is 101 cm³/mol. The smallest absolute Gasteiger partial charge is 0.308 e. The largest absolute Gasteiger partial charge is 0.323 e. The molecule has 0 spiro atoms. The molecule has 3 rings (SSSR count). The van der Waals surface area contributed by atoms with Crippen LogP contribution in [0.1, 0.15) is 0 Å². The van der Waals surface area contributed by atoms with Crippen LogP contribution in [0.15, 0.2) is 83.8 Å². The van der Waals surface area contributed by atoms with Gasteiger partial charge in [0.1, 0.15) is 0 Å². The average Bonchev–Trinajstić information content (AvgIpc) is 2.62. The topological polar surface area (TPSA) is 95.5 Å². The molecule has 2 amide bonds. The number of nitrogens with one attached hydrogen (secondary N) is 2. The van der Waals surface area contributed by atoms with Crippen LogP contribution in [0.4, 0.5) is 16.2 Å². The highest BCUT2D eigenvalue weighted by Crippen LogP contribution is 2.21. The molecule has 0 heterocycles. The fourth-order valence-corrected chi connectivity index (χ4v) is 2.93. The Labute approximate surface area is 151 Å². The van der Waals surface area contributed by atoms with E-state index in [1.807, 2.05) is 42.5 Å². The van der Waals surface area contributed by atoms with Crippen molar-refractivity contribution in [3.63, 3.8) is 0 Å². The zero-order chi connectivity index (χ0) is 18.6. The van der Waals surface area contributed by atoms with Crippen LogP contribution < -0.4 is 10.6 Å². The molecule has 6 nitrogen and oxygen atoms in total. The van der Waals surface area contributed by atoms with Crippen molar-refractivity contribution in [1.82, 2.24) is 0 Å². The molecule has 0 unspecified atom stereocenters. The number of urea groups is 1. The van der Waals surface area contributed by atoms with Crippen molar-refractivity contribution in [2.45, 2.75) is 4.90 Å². The maximum Gasteiger partial charge on any atom is 0.323 e. The molecule has 3 aromatic carbocycles. The number of anilines is 2. The van der Waals surface area contributed by atoms with Gasteiger partial charge in [0.2, 0.25) is 0 Å². The molecule has 0 aliphatic carbocycles. The molecule has 0 bridgehead atoms. The maximum absolute atomic E-state index is 12.1. The van der Waals surface area contributed by atoms with Crippen molar-refractivity contribution in [1.29, 1.82) is 0 Å². The quantitative estimate of drug-likeness (QED) is 0.600. The Morgan fingerprint density at radius 2 is 1.35 bits per heavy atom. The summed E-state index contributed by atoms with van der Waals surface area (Å²) in [6.45, 7) is 0. The first-order chi connectivity index (χ1) is 12.4. The van der Waals surface area contributed by atoms with Crippen molar-refractivity contribution in [3.05, 3.63) is 78.9 Å². The summed E-state index contributed by atoms with van der Waals surface area (Å²) in [4.78, 5) is 11.8. The Morgan fingerprint density at radius 3 is 2.00 bits per heavy atom. The highest BCUT2D eigenvalue weighted by molar-refractivity contribution is 7.85. The molecule has 132 valence electrons. The van der Waals surface area contributed by atoms with Crippen molar-refractivity contribution in [2.24, 2.45) is 0 Å². The van der Waals surface area contributed by atoms with Crippen LogP contribution in [-0.2, 0) is 10.1 Å². The minimum atomic E-state index is -4.32. The Bertz CT molecular complexity index is 1020. The second kappa shape index (κ2) is 7.38. The SMILES string of the molecule is O=C(Nc1ccc(-c2ccccc2)cc1)Nc1cccc(S(=O)(=O)O)c1. The number of carbonyl (C=O) groups is 1. The lowest BCUT2D eigenvalue weighted by Crippen LogP contribution is -2.19. The van der Waals surface area contributed by atoms with Gasteiger partial charge in [-0.25, -0.2) is 4.79 Å². The van der Waals surface area contributed by atoms with Crippen molar-refractivity contribution in [3.8, 4) is 11.1 Å². The lowest BCUT2D eigenvalue weighted by Gasteiger charge is -2.09. The summed E-state index contributed by atoms with van der Waals surface area (Å²) in [5, 5.41) is 5.19. The summed E-state index contributed by atoms with van der Waals surface area (Å²) in [7, 11) is -4.32. The first-order valence-electron chi connectivity index (χ1n) is 7.73. The van der Waals surface area contributed by atoms with E-state index in [2.05, 4.69) is 10.6 Å². The molecule has 0 saturated carbocycles. The number of hydrogen-bond donors (Lipinski definition) is 3. The molecular formula is C19H16N2O4S. The third-order valence-electron chi connectivity index (χ3n) is 3.64. The lowest BCUT2D eigenvalue weighted by molar-refractivity contribution is 0.262. The Kier molecular flexibility index (Phi) is 5.01. The monoisotopic (exact) mass is 368 g/mol. The highest BCUT2D eigenvalue weighted by Gasteiger charge is 2.11. The van der Waals surface area contributed by atoms with Gasteiger partial charge in [0, 0.05) is 11.4 Å². The number of benzene rings is 3. The first-order valence-corrected chi connectivity index (χ1v) is 9.17. The van der Waals surface area contributed by atoms with Gasteiger partial charge < -0.3 is 10.6 Å². The summed E-state index contributed by atoms with van der Waals surface area (Å²) in [6.07, 6.45) is 0. The van der Waals surface area contributed by atoms with E-state index in [9.17, 15) is 13.2 Å². The molecule has 3 aromatic rings. The maximum atomic E-state index is 12.1. The fraction of sp³-hybridized carbons (Fsp3) is 0. The van der Waals surface area contributed by atoms with Gasteiger partial charge in [0.05, 0.1) is 4.90 Å². The van der Waals surface area contributed by atoms with Crippen LogP contribution >= 0.6 is 0 Å². The van der Waals surface area contributed by atoms with Crippen LogP contribution in [-0.4, -0.2) is 19.0 Å². The van der Waals surface area contributed by atoms with Crippen LogP contribution in [0.5, 0.6) is 0 Å². The number of carbonyl (C=O) groups excluding carboxylic acids is 1. The third-order valence-corrected chi connectivity index (χ3v) is 4.49. The zero-order valence-corrected chi connectivity index (χ0v) is 14.4. The molecule has 0 aliphatic rings. The predicted octanol–water partition coefficient (Wildman–Crippen LogP) is 4.24. The van der Waals surface area contributed by atoms with Crippen LogP contribution in [0.3, 0.4) is 0 Å². The second-order valence-corrected chi connectivity index (χ2v) is 6.95. The van der Waals surface area contributed by atoms with E-state index >= 15 is 0 Å². The van der Waals surface area contributed by atoms with E-state index < -0.39 is 16.1 Å². The number of hydrogen-bond acceptors (Lipinski definition) is 3. The molecule has 0 saturated heterocycles. The van der Waals surface area contributed by atoms with E-state index in [0.29, 0.717) is 5.69 Å². The van der Waals surface area contributed by atoms with Gasteiger partial charge in [0.15, 0.2) is 0 Å². The van der Waals surface area contributed by atoms with Gasteiger partial charge in [-0.2, -0.15) is 8.42 Å². The van der Waals surface area contributed by atoms with E-state index in [1.165, 1.54) is 24.3 Å². The van der Waals surface area contributed by atoms with Crippen LogP contribution in [0.25, 0.3) is 11.1 Å². The third kappa shape index (κ3) is 4.47. The van der Waals surface area contributed by atoms with Crippen molar-refractivity contribution in [2.75, 3.05) is 10.6 Å². The number of rotatable bonds is 4. The highest BCUT2D eigenvalue weighted by atomic mass is 32.2. The van der Waals surface area contributed by atoms with Gasteiger partial charge in [-0.15, -0.1) is 0 Å². The molecule has 7 heteroatoms.